The van der Waals surface area contributed by atoms with Gasteiger partial charge in [-0.2, -0.15) is 8.42 Å². The van der Waals surface area contributed by atoms with Gasteiger partial charge in [-0.25, -0.2) is 0 Å². The molecule has 0 radical (unpaired) electrons. The summed E-state index contributed by atoms with van der Waals surface area (Å²) in [5, 5.41) is 10.9. The van der Waals surface area contributed by atoms with Crippen molar-refractivity contribution in [2.45, 2.75) is 11.4 Å². The van der Waals surface area contributed by atoms with Gasteiger partial charge in [0.2, 0.25) is 0 Å². The highest BCUT2D eigenvalue weighted by atomic mass is 79.9. The van der Waals surface area contributed by atoms with Crippen molar-refractivity contribution in [3.8, 4) is 5.75 Å². The molecular formula is C23H14BrClN2O7S2. The van der Waals surface area contributed by atoms with Crippen LogP contribution in [0.5, 0.6) is 5.75 Å². The number of thioether (sulfide) groups is 1. The number of hydrogen-bond donors (Lipinski definition) is 0. The van der Waals surface area contributed by atoms with Crippen molar-refractivity contribution in [1.82, 2.24) is 4.90 Å². The van der Waals surface area contributed by atoms with Crippen molar-refractivity contribution in [2.24, 2.45) is 0 Å². The number of benzene rings is 3. The van der Waals surface area contributed by atoms with Crippen molar-refractivity contribution in [2.75, 3.05) is 0 Å². The van der Waals surface area contributed by atoms with Crippen LogP contribution in [-0.2, 0) is 21.5 Å². The summed E-state index contributed by atoms with van der Waals surface area (Å²) >= 11 is 10.0. The number of halogens is 2. The molecule has 3 aromatic carbocycles. The van der Waals surface area contributed by atoms with E-state index in [1.54, 1.807) is 24.3 Å². The molecular weight excluding hydrogens is 596 g/mol. The zero-order chi connectivity index (χ0) is 26.0. The number of rotatable bonds is 7. The van der Waals surface area contributed by atoms with Gasteiger partial charge in [-0.15, -0.1) is 0 Å². The van der Waals surface area contributed by atoms with Crippen molar-refractivity contribution in [1.29, 1.82) is 0 Å². The van der Waals surface area contributed by atoms with Gasteiger partial charge in [0, 0.05) is 17.2 Å². The maximum absolute atomic E-state index is 12.8. The summed E-state index contributed by atoms with van der Waals surface area (Å²) in [6.07, 6.45) is 1.52. The third-order valence-electron chi connectivity index (χ3n) is 4.89. The number of nitro groups is 1. The molecule has 3 aromatic rings. The van der Waals surface area contributed by atoms with E-state index in [0.29, 0.717) is 16.1 Å². The van der Waals surface area contributed by atoms with Crippen LogP contribution in [0.25, 0.3) is 6.08 Å². The Bertz CT molecular complexity index is 1530. The number of non-ortho nitro benzene ring substituents is 1. The minimum Gasteiger partial charge on any atom is -0.378 e. The average Bonchev–Trinajstić information content (AvgIpc) is 3.08. The van der Waals surface area contributed by atoms with E-state index in [1.165, 1.54) is 24.3 Å². The van der Waals surface area contributed by atoms with E-state index < -0.39 is 26.2 Å². The quantitative estimate of drug-likeness (QED) is 0.138. The molecule has 0 aliphatic carbocycles. The minimum absolute atomic E-state index is 0.0282. The van der Waals surface area contributed by atoms with E-state index in [-0.39, 0.29) is 32.3 Å². The molecule has 184 valence electrons. The summed E-state index contributed by atoms with van der Waals surface area (Å²) in [6.45, 7) is 0.0829. The van der Waals surface area contributed by atoms with Crippen LogP contribution in [0.4, 0.5) is 10.5 Å². The maximum Gasteiger partial charge on any atom is 0.339 e. The van der Waals surface area contributed by atoms with Crippen LogP contribution in [0.2, 0.25) is 5.02 Å². The minimum atomic E-state index is -4.26. The number of hydrogen-bond acceptors (Lipinski definition) is 8. The largest absolute Gasteiger partial charge is 0.378 e. The lowest BCUT2D eigenvalue weighted by Crippen LogP contribution is -2.27. The highest BCUT2D eigenvalue weighted by Gasteiger charge is 2.35. The van der Waals surface area contributed by atoms with E-state index in [1.807, 2.05) is 0 Å². The van der Waals surface area contributed by atoms with Gasteiger partial charge in [-0.1, -0.05) is 29.8 Å². The van der Waals surface area contributed by atoms with E-state index in [9.17, 15) is 28.1 Å². The van der Waals surface area contributed by atoms with Gasteiger partial charge in [0.1, 0.15) is 4.90 Å². The Balaban J connectivity index is 1.50. The second-order valence-corrected chi connectivity index (χ2v) is 11.2. The molecule has 1 aliphatic heterocycles. The van der Waals surface area contributed by atoms with E-state index >= 15 is 0 Å². The van der Waals surface area contributed by atoms with Crippen LogP contribution in [0, 0.1) is 10.1 Å². The first-order valence-corrected chi connectivity index (χ1v) is 13.4. The molecule has 0 aromatic heterocycles. The summed E-state index contributed by atoms with van der Waals surface area (Å²) in [5.41, 5.74) is 0.983. The number of nitro benzene ring substituents is 1. The smallest absolute Gasteiger partial charge is 0.339 e. The fourth-order valence-corrected chi connectivity index (χ4v) is 5.76. The molecule has 13 heteroatoms. The Morgan fingerprint density at radius 3 is 2.44 bits per heavy atom. The van der Waals surface area contributed by atoms with Crippen LogP contribution < -0.4 is 4.18 Å². The standard InChI is InChI=1S/C23H14BrClN2O7S2/c24-19-11-14(4-9-20(19)34-36(32,33)18-7-5-17(6-8-18)27(30)31)12-21-22(28)26(23(29)35-21)13-15-2-1-3-16(25)10-15/h1-12H,13H2/b21-12-. The molecule has 0 unspecified atom stereocenters. The lowest BCUT2D eigenvalue weighted by atomic mass is 10.2. The Morgan fingerprint density at radius 1 is 1.08 bits per heavy atom. The third kappa shape index (κ3) is 5.78. The number of imide groups is 1. The summed E-state index contributed by atoms with van der Waals surface area (Å²) in [5.74, 6) is -0.485. The molecule has 1 aliphatic rings. The fraction of sp³-hybridized carbons (Fsp3) is 0.0435. The zero-order valence-corrected chi connectivity index (χ0v) is 21.9. The normalized spacial score (nSPS) is 14.9. The van der Waals surface area contributed by atoms with Gasteiger partial charge < -0.3 is 4.18 Å². The predicted molar refractivity (Wildman–Crippen MR) is 138 cm³/mol. The highest BCUT2D eigenvalue weighted by Crippen LogP contribution is 2.35. The number of nitrogens with zero attached hydrogens (tertiary/aromatic N) is 2. The summed E-state index contributed by atoms with van der Waals surface area (Å²) in [4.78, 5) is 36.4. The number of carbonyl (C=O) groups is 2. The first-order chi connectivity index (χ1) is 17.0. The second kappa shape index (κ2) is 10.4. The molecule has 2 amide bonds. The zero-order valence-electron chi connectivity index (χ0n) is 18.0. The molecule has 0 saturated carbocycles. The van der Waals surface area contributed by atoms with E-state index in [4.69, 9.17) is 15.8 Å². The van der Waals surface area contributed by atoms with Gasteiger partial charge in [-0.3, -0.25) is 24.6 Å². The first kappa shape index (κ1) is 25.9. The maximum atomic E-state index is 12.8. The number of carbonyl (C=O) groups excluding carboxylic acids is 2. The van der Waals surface area contributed by atoms with Crippen molar-refractivity contribution in [3.05, 3.63) is 102 Å². The van der Waals surface area contributed by atoms with Crippen LogP contribution in [0.15, 0.2) is 81.0 Å². The van der Waals surface area contributed by atoms with Gasteiger partial charge in [-0.05, 0) is 81.3 Å². The van der Waals surface area contributed by atoms with Crippen LogP contribution >= 0.6 is 39.3 Å². The topological polar surface area (TPSA) is 124 Å². The van der Waals surface area contributed by atoms with E-state index in [2.05, 4.69) is 15.9 Å². The summed E-state index contributed by atoms with van der Waals surface area (Å²) < 4.78 is 30.6. The molecule has 1 saturated heterocycles. The summed E-state index contributed by atoms with van der Waals surface area (Å²) in [7, 11) is -4.26. The SMILES string of the molecule is O=C1S/C(=C\c2ccc(OS(=O)(=O)c3ccc([N+](=O)[O-])cc3)c(Br)c2)C(=O)N1Cc1cccc(Cl)c1. The Labute approximate surface area is 223 Å². The molecule has 36 heavy (non-hydrogen) atoms. The van der Waals surface area contributed by atoms with Gasteiger partial charge in [0.25, 0.3) is 16.8 Å². The third-order valence-corrected chi connectivity index (χ3v) is 7.90. The van der Waals surface area contributed by atoms with E-state index in [0.717, 1.165) is 40.9 Å². The summed E-state index contributed by atoms with van der Waals surface area (Å²) in [6, 6.07) is 15.6. The Kier molecular flexibility index (Phi) is 7.50. The van der Waals surface area contributed by atoms with Crippen molar-refractivity contribution < 1.29 is 27.1 Å². The number of amides is 2. The first-order valence-electron chi connectivity index (χ1n) is 10.0. The molecule has 0 atom stereocenters. The molecule has 1 heterocycles. The Hall–Kier alpha value is -3.19. The predicted octanol–water partition coefficient (Wildman–Crippen LogP) is 6.01. The van der Waals surface area contributed by atoms with Crippen LogP contribution in [0.1, 0.15) is 11.1 Å². The van der Waals surface area contributed by atoms with Crippen molar-refractivity contribution in [3.63, 3.8) is 0 Å². The van der Waals surface area contributed by atoms with Crippen LogP contribution in [0.3, 0.4) is 0 Å². The molecule has 1 fully saturated rings. The monoisotopic (exact) mass is 608 g/mol. The van der Waals surface area contributed by atoms with Crippen molar-refractivity contribution >= 4 is 72.3 Å². The molecule has 0 bridgehead atoms. The lowest BCUT2D eigenvalue weighted by molar-refractivity contribution is -0.384. The van der Waals surface area contributed by atoms with Crippen LogP contribution in [-0.4, -0.2) is 29.4 Å². The van der Waals surface area contributed by atoms with Gasteiger partial charge in [0.05, 0.1) is 20.8 Å². The molecule has 0 spiro atoms. The lowest BCUT2D eigenvalue weighted by Gasteiger charge is -2.12. The fourth-order valence-electron chi connectivity index (χ4n) is 3.18. The highest BCUT2D eigenvalue weighted by molar-refractivity contribution is 9.10. The van der Waals surface area contributed by atoms with Gasteiger partial charge >= 0.3 is 10.1 Å². The average molecular weight is 610 g/mol. The second-order valence-electron chi connectivity index (χ2n) is 7.38. The molecule has 0 N–H and O–H groups in total. The van der Waals surface area contributed by atoms with Gasteiger partial charge in [0.15, 0.2) is 5.75 Å². The Morgan fingerprint density at radius 2 is 1.81 bits per heavy atom. The molecule has 4 rings (SSSR count). The molecule has 9 nitrogen and oxygen atoms in total.